The molecule has 19 heavy (non-hydrogen) atoms. The van der Waals surface area contributed by atoms with Crippen molar-refractivity contribution in [2.75, 3.05) is 16.8 Å². The monoisotopic (exact) mass is 272 g/mol. The van der Waals surface area contributed by atoms with Crippen LogP contribution in [0.1, 0.15) is 5.56 Å². The second kappa shape index (κ2) is 6.29. The smallest absolute Gasteiger partial charge is 0.234 e. The minimum Gasteiger partial charge on any atom is -0.399 e. The minimum atomic E-state index is -0.0123. The van der Waals surface area contributed by atoms with Crippen LogP contribution in [0.5, 0.6) is 0 Å². The molecule has 0 aliphatic heterocycles. The summed E-state index contributed by atoms with van der Waals surface area (Å²) in [6.07, 6.45) is 0. The van der Waals surface area contributed by atoms with Crippen LogP contribution in [0.25, 0.3) is 0 Å². The molecule has 98 valence electrons. The number of amides is 1. The highest BCUT2D eigenvalue weighted by Crippen LogP contribution is 2.20. The molecule has 0 spiro atoms. The number of nitrogens with two attached hydrogens (primary N) is 1. The van der Waals surface area contributed by atoms with Gasteiger partial charge in [0.1, 0.15) is 0 Å². The molecule has 0 radical (unpaired) electrons. The topological polar surface area (TPSA) is 55.1 Å². The van der Waals surface area contributed by atoms with Crippen LogP contribution in [0.4, 0.5) is 11.4 Å². The van der Waals surface area contributed by atoms with Crippen molar-refractivity contribution >= 4 is 29.0 Å². The van der Waals surface area contributed by atoms with Gasteiger partial charge in [-0.25, -0.2) is 0 Å². The largest absolute Gasteiger partial charge is 0.399 e. The van der Waals surface area contributed by atoms with Gasteiger partial charge in [0.2, 0.25) is 5.91 Å². The zero-order valence-electron chi connectivity index (χ0n) is 10.7. The van der Waals surface area contributed by atoms with Crippen LogP contribution in [-0.2, 0) is 4.79 Å². The van der Waals surface area contributed by atoms with E-state index in [9.17, 15) is 4.79 Å². The van der Waals surface area contributed by atoms with Gasteiger partial charge in [-0.3, -0.25) is 4.79 Å². The predicted molar refractivity (Wildman–Crippen MR) is 81.4 cm³/mol. The van der Waals surface area contributed by atoms with Crippen LogP contribution in [0, 0.1) is 6.92 Å². The van der Waals surface area contributed by atoms with Crippen molar-refractivity contribution in [1.82, 2.24) is 0 Å². The molecule has 2 rings (SSSR count). The quantitative estimate of drug-likeness (QED) is 0.663. The zero-order chi connectivity index (χ0) is 13.7. The summed E-state index contributed by atoms with van der Waals surface area (Å²) in [5.74, 6) is 0.384. The first-order valence-corrected chi connectivity index (χ1v) is 6.97. The summed E-state index contributed by atoms with van der Waals surface area (Å²) >= 11 is 1.52. The van der Waals surface area contributed by atoms with Gasteiger partial charge in [0.15, 0.2) is 0 Å². The lowest BCUT2D eigenvalue weighted by atomic mass is 10.2. The summed E-state index contributed by atoms with van der Waals surface area (Å²) in [5.41, 5.74) is 8.16. The summed E-state index contributed by atoms with van der Waals surface area (Å²) in [7, 11) is 0. The fourth-order valence-electron chi connectivity index (χ4n) is 1.68. The maximum absolute atomic E-state index is 11.9. The molecule has 0 saturated carbocycles. The maximum Gasteiger partial charge on any atom is 0.234 e. The fraction of sp³-hybridized carbons (Fsp3) is 0.133. The molecule has 0 bridgehead atoms. The molecule has 2 aromatic carbocycles. The van der Waals surface area contributed by atoms with E-state index in [1.165, 1.54) is 11.8 Å². The molecule has 0 fully saturated rings. The van der Waals surface area contributed by atoms with E-state index in [1.54, 1.807) is 6.07 Å². The number of benzene rings is 2. The summed E-state index contributed by atoms with van der Waals surface area (Å²) in [6, 6.07) is 15.3. The standard InChI is InChI=1S/C15H16N2OS/c1-11-9-12(16)7-8-14(11)17-15(18)10-19-13-5-3-2-4-6-13/h2-9H,10,16H2,1H3,(H,17,18). The van der Waals surface area contributed by atoms with E-state index in [4.69, 9.17) is 5.73 Å². The highest BCUT2D eigenvalue weighted by molar-refractivity contribution is 8.00. The average molecular weight is 272 g/mol. The first kappa shape index (κ1) is 13.5. The lowest BCUT2D eigenvalue weighted by molar-refractivity contribution is -0.113. The van der Waals surface area contributed by atoms with Crippen LogP contribution < -0.4 is 11.1 Å². The van der Waals surface area contributed by atoms with Crippen molar-refractivity contribution in [3.8, 4) is 0 Å². The van der Waals surface area contributed by atoms with Crippen molar-refractivity contribution in [2.24, 2.45) is 0 Å². The van der Waals surface area contributed by atoms with Gasteiger partial charge >= 0.3 is 0 Å². The van der Waals surface area contributed by atoms with Gasteiger partial charge in [0.05, 0.1) is 5.75 Å². The van der Waals surface area contributed by atoms with Crippen LogP contribution in [0.3, 0.4) is 0 Å². The van der Waals surface area contributed by atoms with Crippen LogP contribution in [-0.4, -0.2) is 11.7 Å². The lowest BCUT2D eigenvalue weighted by Gasteiger charge is -2.08. The van der Waals surface area contributed by atoms with E-state index in [0.717, 1.165) is 16.1 Å². The number of nitrogens with one attached hydrogen (secondary N) is 1. The third-order valence-electron chi connectivity index (χ3n) is 2.64. The molecule has 3 N–H and O–H groups in total. The van der Waals surface area contributed by atoms with E-state index in [1.807, 2.05) is 49.4 Å². The summed E-state index contributed by atoms with van der Waals surface area (Å²) < 4.78 is 0. The SMILES string of the molecule is Cc1cc(N)ccc1NC(=O)CSc1ccccc1. The number of rotatable bonds is 4. The van der Waals surface area contributed by atoms with Gasteiger partial charge < -0.3 is 11.1 Å². The van der Waals surface area contributed by atoms with Crippen molar-refractivity contribution in [3.63, 3.8) is 0 Å². The Morgan fingerprint density at radius 2 is 1.95 bits per heavy atom. The van der Waals surface area contributed by atoms with Gasteiger partial charge in [-0.05, 0) is 42.8 Å². The molecule has 0 aliphatic carbocycles. The fourth-order valence-corrected chi connectivity index (χ4v) is 2.40. The molecule has 3 nitrogen and oxygen atoms in total. The van der Waals surface area contributed by atoms with Crippen LogP contribution >= 0.6 is 11.8 Å². The van der Waals surface area contributed by atoms with Gasteiger partial charge in [0, 0.05) is 16.3 Å². The number of anilines is 2. The molecular weight excluding hydrogens is 256 g/mol. The van der Waals surface area contributed by atoms with Crippen LogP contribution in [0.15, 0.2) is 53.4 Å². The van der Waals surface area contributed by atoms with E-state index in [2.05, 4.69) is 5.32 Å². The first-order valence-electron chi connectivity index (χ1n) is 5.99. The summed E-state index contributed by atoms with van der Waals surface area (Å²) in [4.78, 5) is 12.9. The maximum atomic E-state index is 11.9. The third-order valence-corrected chi connectivity index (χ3v) is 3.65. The molecule has 1 amide bonds. The molecular formula is C15H16N2OS. The predicted octanol–water partition coefficient (Wildman–Crippen LogP) is 3.31. The Kier molecular flexibility index (Phi) is 4.47. The first-order chi connectivity index (χ1) is 9.15. The van der Waals surface area contributed by atoms with Gasteiger partial charge in [0.25, 0.3) is 0 Å². The van der Waals surface area contributed by atoms with Gasteiger partial charge in [-0.15, -0.1) is 11.8 Å². The Balaban J connectivity index is 1.91. The Labute approximate surface area is 117 Å². The summed E-state index contributed by atoms with van der Waals surface area (Å²) in [5, 5.41) is 2.89. The molecule has 0 aromatic heterocycles. The molecule has 2 aromatic rings. The number of carbonyl (C=O) groups is 1. The molecule has 0 atom stereocenters. The number of hydrogen-bond acceptors (Lipinski definition) is 3. The van der Waals surface area contributed by atoms with E-state index >= 15 is 0 Å². The van der Waals surface area contributed by atoms with E-state index in [-0.39, 0.29) is 5.91 Å². The second-order valence-corrected chi connectivity index (χ2v) is 5.27. The van der Waals surface area contributed by atoms with Crippen LogP contribution in [0.2, 0.25) is 0 Å². The highest BCUT2D eigenvalue weighted by Gasteiger charge is 2.05. The highest BCUT2D eigenvalue weighted by atomic mass is 32.2. The van der Waals surface area contributed by atoms with Gasteiger partial charge in [-0.2, -0.15) is 0 Å². The number of nitrogen functional groups attached to an aromatic ring is 1. The average Bonchev–Trinajstić information content (AvgIpc) is 2.41. The van der Waals surface area contributed by atoms with E-state index < -0.39 is 0 Å². The Hall–Kier alpha value is -1.94. The Morgan fingerprint density at radius 3 is 2.63 bits per heavy atom. The van der Waals surface area contributed by atoms with Gasteiger partial charge in [-0.1, -0.05) is 18.2 Å². The molecule has 0 heterocycles. The third kappa shape index (κ3) is 4.03. The van der Waals surface area contributed by atoms with Crippen molar-refractivity contribution in [1.29, 1.82) is 0 Å². The number of aryl methyl sites for hydroxylation is 1. The Morgan fingerprint density at radius 1 is 1.21 bits per heavy atom. The second-order valence-electron chi connectivity index (χ2n) is 4.22. The normalized spacial score (nSPS) is 10.2. The van der Waals surface area contributed by atoms with Crippen molar-refractivity contribution in [3.05, 3.63) is 54.1 Å². The number of thioether (sulfide) groups is 1. The van der Waals surface area contributed by atoms with E-state index in [0.29, 0.717) is 11.4 Å². The van der Waals surface area contributed by atoms with Crippen molar-refractivity contribution in [2.45, 2.75) is 11.8 Å². The minimum absolute atomic E-state index is 0.0123. The zero-order valence-corrected chi connectivity index (χ0v) is 11.5. The van der Waals surface area contributed by atoms with Crippen molar-refractivity contribution < 1.29 is 4.79 Å². The molecule has 0 aliphatic rings. The lowest BCUT2D eigenvalue weighted by Crippen LogP contribution is -2.14. The Bertz CT molecular complexity index is 570. The number of hydrogen-bond donors (Lipinski definition) is 2. The number of carbonyl (C=O) groups excluding carboxylic acids is 1. The molecule has 0 saturated heterocycles. The molecule has 0 unspecified atom stereocenters. The molecule has 4 heteroatoms. The summed E-state index contributed by atoms with van der Waals surface area (Å²) in [6.45, 7) is 1.93.